The molecule has 0 saturated carbocycles. The standard InChI is InChI=1S/C21H22ClN3O/c1-15-21(18-7-2-3-8-19(18)23-15)20(26)14-24-9-11-25(12-10-24)17-6-4-5-16(22)13-17/h2-8,13,23H,9-12,14H2,1H3. The molecule has 5 heteroatoms. The van der Waals surface area contributed by atoms with Crippen LogP contribution in [-0.4, -0.2) is 48.4 Å². The van der Waals surface area contributed by atoms with Crippen LogP contribution in [0.15, 0.2) is 48.5 Å². The predicted octanol–water partition coefficient (Wildman–Crippen LogP) is 4.13. The van der Waals surface area contributed by atoms with Gasteiger partial charge in [0.05, 0.1) is 6.54 Å². The fourth-order valence-corrected chi connectivity index (χ4v) is 3.94. The van der Waals surface area contributed by atoms with Crippen LogP contribution in [0.5, 0.6) is 0 Å². The van der Waals surface area contributed by atoms with Gasteiger partial charge in [0.2, 0.25) is 0 Å². The van der Waals surface area contributed by atoms with E-state index in [1.807, 2.05) is 49.4 Å². The zero-order valence-electron chi connectivity index (χ0n) is 14.8. The summed E-state index contributed by atoms with van der Waals surface area (Å²) in [5.41, 5.74) is 3.96. The molecule has 1 aliphatic heterocycles. The summed E-state index contributed by atoms with van der Waals surface area (Å²) in [6.45, 7) is 6.00. The number of anilines is 1. The van der Waals surface area contributed by atoms with E-state index in [1.165, 1.54) is 0 Å². The molecule has 0 aliphatic carbocycles. The quantitative estimate of drug-likeness (QED) is 0.704. The van der Waals surface area contributed by atoms with Crippen LogP contribution >= 0.6 is 11.6 Å². The number of hydrogen-bond acceptors (Lipinski definition) is 3. The molecule has 2 heterocycles. The van der Waals surface area contributed by atoms with E-state index in [9.17, 15) is 4.79 Å². The van der Waals surface area contributed by atoms with Crippen molar-refractivity contribution in [1.82, 2.24) is 9.88 Å². The number of rotatable bonds is 4. The molecule has 1 N–H and O–H groups in total. The number of halogens is 1. The number of aryl methyl sites for hydroxylation is 1. The maximum atomic E-state index is 12.9. The van der Waals surface area contributed by atoms with Crippen LogP contribution in [0.4, 0.5) is 5.69 Å². The minimum Gasteiger partial charge on any atom is -0.369 e. The van der Waals surface area contributed by atoms with Crippen molar-refractivity contribution < 1.29 is 4.79 Å². The number of nitrogens with zero attached hydrogens (tertiary/aromatic N) is 2. The number of H-pyrrole nitrogens is 1. The number of aromatic nitrogens is 1. The third-order valence-corrected chi connectivity index (χ3v) is 5.32. The maximum Gasteiger partial charge on any atom is 0.179 e. The van der Waals surface area contributed by atoms with Gasteiger partial charge in [-0.15, -0.1) is 0 Å². The van der Waals surface area contributed by atoms with Gasteiger partial charge in [0.15, 0.2) is 5.78 Å². The Morgan fingerprint density at radius 1 is 1.08 bits per heavy atom. The number of carbonyl (C=O) groups is 1. The first-order valence-corrected chi connectivity index (χ1v) is 9.33. The molecular formula is C21H22ClN3O. The number of hydrogen-bond donors (Lipinski definition) is 1. The smallest absolute Gasteiger partial charge is 0.179 e. The molecule has 0 amide bonds. The zero-order chi connectivity index (χ0) is 18.1. The molecule has 1 aromatic heterocycles. The molecule has 0 radical (unpaired) electrons. The summed E-state index contributed by atoms with van der Waals surface area (Å²) in [5.74, 6) is 0.191. The summed E-state index contributed by atoms with van der Waals surface area (Å²) in [6.07, 6.45) is 0. The van der Waals surface area contributed by atoms with Gasteiger partial charge >= 0.3 is 0 Å². The summed E-state index contributed by atoms with van der Waals surface area (Å²) in [5, 5.41) is 1.78. The molecule has 1 saturated heterocycles. The second-order valence-electron chi connectivity index (χ2n) is 6.84. The Bertz CT molecular complexity index is 941. The van der Waals surface area contributed by atoms with Gasteiger partial charge < -0.3 is 9.88 Å². The lowest BCUT2D eigenvalue weighted by molar-refractivity contribution is 0.0927. The van der Waals surface area contributed by atoms with Gasteiger partial charge in [0, 0.05) is 59.0 Å². The van der Waals surface area contributed by atoms with E-state index in [1.54, 1.807) is 0 Å². The molecule has 4 nitrogen and oxygen atoms in total. The largest absolute Gasteiger partial charge is 0.369 e. The Morgan fingerprint density at radius 3 is 2.62 bits per heavy atom. The molecule has 0 spiro atoms. The van der Waals surface area contributed by atoms with E-state index < -0.39 is 0 Å². The van der Waals surface area contributed by atoms with Crippen molar-refractivity contribution in [3.05, 3.63) is 64.8 Å². The fraction of sp³-hybridized carbons (Fsp3) is 0.286. The first-order chi connectivity index (χ1) is 12.6. The summed E-state index contributed by atoms with van der Waals surface area (Å²) in [7, 11) is 0. The minimum absolute atomic E-state index is 0.191. The van der Waals surface area contributed by atoms with Crippen LogP contribution in [0.1, 0.15) is 16.1 Å². The number of fused-ring (bicyclic) bond motifs is 1. The van der Waals surface area contributed by atoms with Crippen LogP contribution in [0.3, 0.4) is 0 Å². The van der Waals surface area contributed by atoms with Crippen molar-refractivity contribution >= 4 is 34.0 Å². The number of ketones is 1. The van der Waals surface area contributed by atoms with E-state index >= 15 is 0 Å². The highest BCUT2D eigenvalue weighted by atomic mass is 35.5. The predicted molar refractivity (Wildman–Crippen MR) is 107 cm³/mol. The first kappa shape index (κ1) is 17.1. The van der Waals surface area contributed by atoms with Gasteiger partial charge in [-0.05, 0) is 31.2 Å². The molecular weight excluding hydrogens is 346 g/mol. The number of carbonyl (C=O) groups excluding carboxylic acids is 1. The summed E-state index contributed by atoms with van der Waals surface area (Å²) >= 11 is 6.10. The average molecular weight is 368 g/mol. The molecule has 134 valence electrons. The number of nitrogens with one attached hydrogen (secondary N) is 1. The molecule has 0 atom stereocenters. The maximum absolute atomic E-state index is 12.9. The second kappa shape index (κ2) is 7.14. The third kappa shape index (κ3) is 3.35. The van der Waals surface area contributed by atoms with Crippen LogP contribution < -0.4 is 4.90 Å². The molecule has 3 aromatic rings. The average Bonchev–Trinajstić information content (AvgIpc) is 2.98. The molecule has 4 rings (SSSR count). The number of piperazine rings is 1. The topological polar surface area (TPSA) is 39.3 Å². The Labute approximate surface area is 158 Å². The Kier molecular flexibility index (Phi) is 4.70. The molecule has 26 heavy (non-hydrogen) atoms. The van der Waals surface area contributed by atoms with Gasteiger partial charge in [-0.1, -0.05) is 35.9 Å². The van der Waals surface area contributed by atoms with Crippen molar-refractivity contribution in [3.63, 3.8) is 0 Å². The van der Waals surface area contributed by atoms with E-state index in [4.69, 9.17) is 11.6 Å². The van der Waals surface area contributed by atoms with Gasteiger partial charge in [0.1, 0.15) is 0 Å². The number of Topliss-reactive ketones (excluding diaryl/α,β-unsaturated/α-hetero) is 1. The lowest BCUT2D eigenvalue weighted by Crippen LogP contribution is -2.48. The van der Waals surface area contributed by atoms with Crippen LogP contribution in [-0.2, 0) is 0 Å². The van der Waals surface area contributed by atoms with E-state index in [0.29, 0.717) is 6.54 Å². The highest BCUT2D eigenvalue weighted by Crippen LogP contribution is 2.24. The number of para-hydroxylation sites is 1. The monoisotopic (exact) mass is 367 g/mol. The van der Waals surface area contributed by atoms with E-state index in [2.05, 4.69) is 20.9 Å². The third-order valence-electron chi connectivity index (χ3n) is 5.09. The van der Waals surface area contributed by atoms with E-state index in [0.717, 1.165) is 59.0 Å². The number of benzene rings is 2. The van der Waals surface area contributed by atoms with Crippen molar-refractivity contribution in [2.24, 2.45) is 0 Å². The van der Waals surface area contributed by atoms with Gasteiger partial charge in [0.25, 0.3) is 0 Å². The van der Waals surface area contributed by atoms with Crippen LogP contribution in [0.2, 0.25) is 5.02 Å². The highest BCUT2D eigenvalue weighted by molar-refractivity contribution is 6.30. The Morgan fingerprint density at radius 2 is 1.85 bits per heavy atom. The lowest BCUT2D eigenvalue weighted by atomic mass is 10.1. The van der Waals surface area contributed by atoms with Crippen LogP contribution in [0.25, 0.3) is 10.9 Å². The molecule has 1 fully saturated rings. The highest BCUT2D eigenvalue weighted by Gasteiger charge is 2.22. The van der Waals surface area contributed by atoms with Gasteiger partial charge in [-0.3, -0.25) is 9.69 Å². The number of aromatic amines is 1. The Hall–Kier alpha value is -2.30. The lowest BCUT2D eigenvalue weighted by Gasteiger charge is -2.35. The first-order valence-electron chi connectivity index (χ1n) is 8.95. The summed E-state index contributed by atoms with van der Waals surface area (Å²) in [4.78, 5) is 20.8. The summed E-state index contributed by atoms with van der Waals surface area (Å²) in [6, 6.07) is 16.0. The van der Waals surface area contributed by atoms with E-state index in [-0.39, 0.29) is 5.78 Å². The van der Waals surface area contributed by atoms with Gasteiger partial charge in [-0.25, -0.2) is 0 Å². The molecule has 0 unspecified atom stereocenters. The van der Waals surface area contributed by atoms with Crippen molar-refractivity contribution in [2.45, 2.75) is 6.92 Å². The summed E-state index contributed by atoms with van der Waals surface area (Å²) < 4.78 is 0. The van der Waals surface area contributed by atoms with Crippen LogP contribution in [0, 0.1) is 6.92 Å². The Balaban J connectivity index is 1.42. The SMILES string of the molecule is Cc1[nH]c2ccccc2c1C(=O)CN1CCN(c2cccc(Cl)c2)CC1. The molecule has 1 aliphatic rings. The molecule has 0 bridgehead atoms. The minimum atomic E-state index is 0.191. The molecule has 2 aromatic carbocycles. The van der Waals surface area contributed by atoms with Crippen molar-refractivity contribution in [1.29, 1.82) is 0 Å². The fourth-order valence-electron chi connectivity index (χ4n) is 3.76. The zero-order valence-corrected chi connectivity index (χ0v) is 15.6. The normalized spacial score (nSPS) is 15.5. The second-order valence-corrected chi connectivity index (χ2v) is 7.27. The van der Waals surface area contributed by atoms with Crippen molar-refractivity contribution in [2.75, 3.05) is 37.6 Å². The van der Waals surface area contributed by atoms with Crippen molar-refractivity contribution in [3.8, 4) is 0 Å². The van der Waals surface area contributed by atoms with Gasteiger partial charge in [-0.2, -0.15) is 0 Å².